The highest BCUT2D eigenvalue weighted by Crippen LogP contribution is 1.61. The van der Waals surface area contributed by atoms with Gasteiger partial charge >= 0.3 is 0 Å². The van der Waals surface area contributed by atoms with E-state index in [0.29, 0.717) is 0 Å². The zero-order valence-corrected chi connectivity index (χ0v) is 8.55. The molecule has 46 valence electrons. The van der Waals surface area contributed by atoms with E-state index in [1.54, 1.807) is 18.5 Å². The molecule has 0 amide bonds. The Hall–Kier alpha value is 0.470. The van der Waals surface area contributed by atoms with E-state index in [0.717, 1.165) is 0 Å². The molecule has 1 aromatic rings. The molecule has 0 radical (unpaired) electrons. The van der Waals surface area contributed by atoms with Gasteiger partial charge in [-0.1, -0.05) is 0 Å². The summed E-state index contributed by atoms with van der Waals surface area (Å²) in [6.45, 7) is 0. The van der Waals surface area contributed by atoms with Crippen LogP contribution in [-0.4, -0.2) is 15.4 Å². The molecule has 0 N–H and O–H groups in total. The Morgan fingerprint density at radius 3 is 1.50 bits per heavy atom. The Morgan fingerprint density at radius 1 is 0.875 bits per heavy atom. The fourth-order valence-corrected chi connectivity index (χ4v) is 0.205. The molecular weight excluding hydrogens is 332 g/mol. The number of hydrogen-bond donors (Lipinski definition) is 0. The average molecular weight is 337 g/mol. The molecule has 0 spiro atoms. The second-order valence-corrected chi connectivity index (χ2v) is 0.811. The maximum atomic E-state index is 3.42. The van der Waals surface area contributed by atoms with E-state index in [1.165, 1.54) is 0 Å². The Kier molecular flexibility index (Phi) is 10.5. The quantitative estimate of drug-likeness (QED) is 0.666. The lowest BCUT2D eigenvalue weighted by Gasteiger charge is -1.68. The zero-order chi connectivity index (χ0) is 4.24. The molecular formula is C3H5I2N3. The second kappa shape index (κ2) is 7.47. The van der Waals surface area contributed by atoms with Gasteiger partial charge in [0.05, 0.1) is 12.4 Å². The van der Waals surface area contributed by atoms with Crippen LogP contribution in [0.25, 0.3) is 0 Å². The highest BCUT2D eigenvalue weighted by molar-refractivity contribution is 14.0. The van der Waals surface area contributed by atoms with Gasteiger partial charge in [0.25, 0.3) is 0 Å². The Balaban J connectivity index is 0. The van der Waals surface area contributed by atoms with E-state index >= 15 is 0 Å². The third-order valence-electron chi connectivity index (χ3n) is 0.409. The van der Waals surface area contributed by atoms with E-state index < -0.39 is 0 Å². The molecule has 0 fully saturated rings. The van der Waals surface area contributed by atoms with Crippen LogP contribution in [0.5, 0.6) is 0 Å². The molecule has 0 saturated carbocycles. The Morgan fingerprint density at radius 2 is 1.38 bits per heavy atom. The maximum Gasteiger partial charge on any atom is 0.0529 e. The van der Waals surface area contributed by atoms with Gasteiger partial charge < -0.3 is 0 Å². The van der Waals surface area contributed by atoms with Crippen molar-refractivity contribution >= 4 is 48.0 Å². The van der Waals surface area contributed by atoms with Crippen LogP contribution in [0, 0.1) is 0 Å². The topological polar surface area (TPSA) is 38.7 Å². The Bertz CT molecular complexity index is 84.5. The van der Waals surface area contributed by atoms with Crippen LogP contribution < -0.4 is 0 Å². The molecule has 0 bridgehead atoms. The number of nitrogens with zero attached hydrogens (tertiary/aromatic N) is 3. The first-order chi connectivity index (χ1) is 3.00. The molecule has 0 aromatic carbocycles. The van der Waals surface area contributed by atoms with Gasteiger partial charge in [0.2, 0.25) is 0 Å². The van der Waals surface area contributed by atoms with Gasteiger partial charge in [0, 0.05) is 0 Å². The van der Waals surface area contributed by atoms with Crippen LogP contribution in [0.15, 0.2) is 18.5 Å². The van der Waals surface area contributed by atoms with Crippen molar-refractivity contribution in [1.82, 2.24) is 15.4 Å². The van der Waals surface area contributed by atoms with Gasteiger partial charge in [0.15, 0.2) is 0 Å². The van der Waals surface area contributed by atoms with Crippen LogP contribution in [0.3, 0.4) is 0 Å². The first-order valence-electron chi connectivity index (χ1n) is 1.58. The lowest BCUT2D eigenvalue weighted by atomic mass is 10.7. The highest BCUT2D eigenvalue weighted by atomic mass is 127. The minimum Gasteiger partial charge on any atom is -0.139 e. The lowest BCUT2D eigenvalue weighted by Crippen LogP contribution is -1.78. The third kappa shape index (κ3) is 4.62. The number of rotatable bonds is 0. The monoisotopic (exact) mass is 337 g/mol. The van der Waals surface area contributed by atoms with E-state index in [2.05, 4.69) is 15.4 Å². The van der Waals surface area contributed by atoms with Gasteiger partial charge in [-0.05, 0) is 11.3 Å². The van der Waals surface area contributed by atoms with Crippen LogP contribution >= 0.6 is 48.0 Å². The summed E-state index contributed by atoms with van der Waals surface area (Å²) >= 11 is 0. The van der Waals surface area contributed by atoms with Crippen molar-refractivity contribution in [3.63, 3.8) is 0 Å². The lowest BCUT2D eigenvalue weighted by molar-refractivity contribution is 0.865. The first kappa shape index (κ1) is 11.3. The molecule has 8 heavy (non-hydrogen) atoms. The molecule has 0 saturated heterocycles. The Labute approximate surface area is 81.3 Å². The molecule has 0 atom stereocenters. The molecule has 1 aromatic heterocycles. The van der Waals surface area contributed by atoms with Gasteiger partial charge in [-0.25, -0.2) is 0 Å². The molecule has 0 aliphatic heterocycles. The summed E-state index contributed by atoms with van der Waals surface area (Å²) in [5, 5.41) is 10.1. The maximum absolute atomic E-state index is 3.42. The van der Waals surface area contributed by atoms with Gasteiger partial charge in [-0.15, -0.1) is 58.2 Å². The first-order valence-corrected chi connectivity index (χ1v) is 1.58. The summed E-state index contributed by atoms with van der Waals surface area (Å²) in [6.07, 6.45) is 3.15. The molecule has 0 unspecified atom stereocenters. The summed E-state index contributed by atoms with van der Waals surface area (Å²) in [5.74, 6) is 0. The highest BCUT2D eigenvalue weighted by Gasteiger charge is 1.60. The number of aromatic nitrogens is 3. The minimum absolute atomic E-state index is 0. The molecule has 1 heterocycles. The van der Waals surface area contributed by atoms with Gasteiger partial charge in [-0.3, -0.25) is 0 Å². The molecule has 5 heteroatoms. The van der Waals surface area contributed by atoms with Crippen molar-refractivity contribution in [3.8, 4) is 0 Å². The van der Waals surface area contributed by atoms with Gasteiger partial charge in [0.1, 0.15) is 0 Å². The SMILES string of the molecule is I.I.c1cnnnc1. The van der Waals surface area contributed by atoms with Crippen molar-refractivity contribution in [2.75, 3.05) is 0 Å². The fraction of sp³-hybridized carbons (Fsp3) is 0. The summed E-state index contributed by atoms with van der Waals surface area (Å²) < 4.78 is 0. The largest absolute Gasteiger partial charge is 0.139 e. The summed E-state index contributed by atoms with van der Waals surface area (Å²) in [4.78, 5) is 0. The molecule has 0 aliphatic rings. The fourth-order valence-electron chi connectivity index (χ4n) is 0.205. The van der Waals surface area contributed by atoms with Crippen LogP contribution in [0.1, 0.15) is 0 Å². The predicted octanol–water partition coefficient (Wildman–Crippen LogP) is 1.11. The van der Waals surface area contributed by atoms with E-state index in [-0.39, 0.29) is 48.0 Å². The molecule has 0 aliphatic carbocycles. The van der Waals surface area contributed by atoms with Crippen LogP contribution in [0.4, 0.5) is 0 Å². The second-order valence-electron chi connectivity index (χ2n) is 0.811. The summed E-state index contributed by atoms with van der Waals surface area (Å²) in [5.41, 5.74) is 0. The molecule has 1 rings (SSSR count). The van der Waals surface area contributed by atoms with E-state index in [1.807, 2.05) is 0 Å². The number of halogens is 2. The van der Waals surface area contributed by atoms with E-state index in [4.69, 9.17) is 0 Å². The van der Waals surface area contributed by atoms with Gasteiger partial charge in [-0.2, -0.15) is 0 Å². The van der Waals surface area contributed by atoms with Crippen molar-refractivity contribution in [2.24, 2.45) is 0 Å². The van der Waals surface area contributed by atoms with Crippen molar-refractivity contribution in [1.29, 1.82) is 0 Å². The molecule has 3 nitrogen and oxygen atoms in total. The smallest absolute Gasteiger partial charge is 0.0529 e. The standard InChI is InChI=1S/C3H3N3.2HI/c1-2-4-6-5-3-1;;/h1-3H;2*1H. The zero-order valence-electron chi connectivity index (χ0n) is 3.89. The van der Waals surface area contributed by atoms with Crippen molar-refractivity contribution in [2.45, 2.75) is 0 Å². The van der Waals surface area contributed by atoms with Crippen molar-refractivity contribution in [3.05, 3.63) is 18.5 Å². The normalized spacial score (nSPS) is 6.00. The summed E-state index contributed by atoms with van der Waals surface area (Å²) in [6, 6.07) is 1.72. The summed E-state index contributed by atoms with van der Waals surface area (Å²) in [7, 11) is 0. The number of hydrogen-bond acceptors (Lipinski definition) is 3. The predicted molar refractivity (Wildman–Crippen MR) is 50.7 cm³/mol. The van der Waals surface area contributed by atoms with E-state index in [9.17, 15) is 0 Å². The third-order valence-corrected chi connectivity index (χ3v) is 0.409. The van der Waals surface area contributed by atoms with Crippen LogP contribution in [0.2, 0.25) is 0 Å². The van der Waals surface area contributed by atoms with Crippen molar-refractivity contribution < 1.29 is 0 Å². The van der Waals surface area contributed by atoms with Crippen LogP contribution in [-0.2, 0) is 0 Å². The average Bonchev–Trinajstić information content (AvgIpc) is 1.72. The minimum atomic E-state index is 0.